The predicted octanol–water partition coefficient (Wildman–Crippen LogP) is 1.29. The Morgan fingerprint density at radius 3 is 2.19 bits per heavy atom. The van der Waals surface area contributed by atoms with Gasteiger partial charge < -0.3 is 20.7 Å². The normalized spacial score (nSPS) is 9.95. The highest BCUT2D eigenvalue weighted by molar-refractivity contribution is 6.06. The highest BCUT2D eigenvalue weighted by Gasteiger charge is 2.11. The standard InChI is InChI=1S/C14H13N3O4/c1-8(18)16-9-2-4-10(5-3-9)17-14(21)11-7-15-13(20)6-12(11)19/h2-7H,1H3,(H,16,18)(H,17,21)(H2,15,19,20). The summed E-state index contributed by atoms with van der Waals surface area (Å²) in [5.74, 6) is -1.15. The third kappa shape index (κ3) is 3.69. The smallest absolute Gasteiger partial charge is 0.260 e. The van der Waals surface area contributed by atoms with E-state index in [2.05, 4.69) is 15.6 Å². The molecule has 1 aromatic heterocycles. The van der Waals surface area contributed by atoms with Gasteiger partial charge in [-0.25, -0.2) is 0 Å². The summed E-state index contributed by atoms with van der Waals surface area (Å²) in [6.07, 6.45) is 1.14. The van der Waals surface area contributed by atoms with Crippen LogP contribution in [0.15, 0.2) is 41.3 Å². The fraction of sp³-hybridized carbons (Fsp3) is 0.0714. The maximum absolute atomic E-state index is 11.9. The maximum atomic E-state index is 11.9. The number of rotatable bonds is 3. The van der Waals surface area contributed by atoms with Gasteiger partial charge in [0, 0.05) is 30.6 Å². The molecule has 0 unspecified atom stereocenters. The van der Waals surface area contributed by atoms with Gasteiger partial charge in [0.05, 0.1) is 5.56 Å². The van der Waals surface area contributed by atoms with E-state index in [0.717, 1.165) is 12.3 Å². The molecule has 0 saturated heterocycles. The zero-order valence-corrected chi connectivity index (χ0v) is 11.1. The number of aromatic hydroxyl groups is 1. The summed E-state index contributed by atoms with van der Waals surface area (Å²) in [6.45, 7) is 1.40. The van der Waals surface area contributed by atoms with Crippen LogP contribution in [0, 0.1) is 0 Å². The van der Waals surface area contributed by atoms with Gasteiger partial charge in [-0.05, 0) is 24.3 Å². The molecule has 7 heteroatoms. The minimum Gasteiger partial charge on any atom is -0.507 e. The molecule has 0 saturated carbocycles. The molecular weight excluding hydrogens is 274 g/mol. The Kier molecular flexibility index (Phi) is 4.03. The van der Waals surface area contributed by atoms with Gasteiger partial charge in [-0.3, -0.25) is 14.4 Å². The number of nitrogens with one attached hydrogen (secondary N) is 3. The SMILES string of the molecule is CC(=O)Nc1ccc(NC(=O)c2c[nH]c(=O)cc2O)cc1. The van der Waals surface area contributed by atoms with E-state index in [9.17, 15) is 19.5 Å². The van der Waals surface area contributed by atoms with Crippen LogP contribution in [0.3, 0.4) is 0 Å². The Morgan fingerprint density at radius 1 is 1.10 bits per heavy atom. The number of amides is 2. The van der Waals surface area contributed by atoms with Gasteiger partial charge in [0.2, 0.25) is 5.91 Å². The van der Waals surface area contributed by atoms with Crippen LogP contribution in [0.1, 0.15) is 17.3 Å². The van der Waals surface area contributed by atoms with Crippen molar-refractivity contribution in [1.29, 1.82) is 0 Å². The Balaban J connectivity index is 2.12. The third-order valence-corrected chi connectivity index (χ3v) is 2.61. The molecule has 7 nitrogen and oxygen atoms in total. The van der Waals surface area contributed by atoms with Crippen LogP contribution in [0.2, 0.25) is 0 Å². The number of anilines is 2. The van der Waals surface area contributed by atoms with Gasteiger partial charge in [-0.15, -0.1) is 0 Å². The van der Waals surface area contributed by atoms with Crippen LogP contribution >= 0.6 is 0 Å². The fourth-order valence-corrected chi connectivity index (χ4v) is 1.68. The third-order valence-electron chi connectivity index (χ3n) is 2.61. The Bertz CT molecular complexity index is 735. The van der Waals surface area contributed by atoms with Gasteiger partial charge in [0.25, 0.3) is 11.5 Å². The minimum atomic E-state index is -0.559. The van der Waals surface area contributed by atoms with Crippen molar-refractivity contribution in [2.24, 2.45) is 0 Å². The van der Waals surface area contributed by atoms with Crippen molar-refractivity contribution in [3.63, 3.8) is 0 Å². The lowest BCUT2D eigenvalue weighted by Gasteiger charge is -2.07. The first-order valence-electron chi connectivity index (χ1n) is 6.06. The zero-order chi connectivity index (χ0) is 15.4. The predicted molar refractivity (Wildman–Crippen MR) is 77.4 cm³/mol. The molecule has 0 atom stereocenters. The first-order chi connectivity index (χ1) is 9.95. The molecule has 0 aliphatic rings. The summed E-state index contributed by atoms with van der Waals surface area (Å²) in [5.41, 5.74) is 0.552. The Labute approximate surface area is 119 Å². The van der Waals surface area contributed by atoms with Crippen molar-refractivity contribution in [2.45, 2.75) is 6.92 Å². The summed E-state index contributed by atoms with van der Waals surface area (Å²) in [4.78, 5) is 36.1. The molecule has 21 heavy (non-hydrogen) atoms. The quantitative estimate of drug-likeness (QED) is 0.681. The summed E-state index contributed by atoms with van der Waals surface area (Å²) >= 11 is 0. The Hall–Kier alpha value is -3.09. The molecule has 0 aliphatic heterocycles. The second-order valence-electron chi connectivity index (χ2n) is 4.31. The van der Waals surface area contributed by atoms with Gasteiger partial charge in [0.15, 0.2) is 0 Å². The van der Waals surface area contributed by atoms with E-state index >= 15 is 0 Å². The average molecular weight is 287 g/mol. The van der Waals surface area contributed by atoms with E-state index in [4.69, 9.17) is 0 Å². The van der Waals surface area contributed by atoms with Gasteiger partial charge in [-0.2, -0.15) is 0 Å². The van der Waals surface area contributed by atoms with Gasteiger partial charge in [-0.1, -0.05) is 0 Å². The van der Waals surface area contributed by atoms with Crippen LogP contribution in [0.4, 0.5) is 11.4 Å². The number of H-pyrrole nitrogens is 1. The lowest BCUT2D eigenvalue weighted by atomic mass is 10.2. The van der Waals surface area contributed by atoms with Crippen LogP contribution in [-0.2, 0) is 4.79 Å². The van der Waals surface area contributed by atoms with E-state index in [-0.39, 0.29) is 11.5 Å². The molecule has 0 bridgehead atoms. The molecule has 4 N–H and O–H groups in total. The van der Waals surface area contributed by atoms with Crippen molar-refractivity contribution in [1.82, 2.24) is 4.98 Å². The van der Waals surface area contributed by atoms with Crippen molar-refractivity contribution in [3.05, 3.63) is 52.4 Å². The largest absolute Gasteiger partial charge is 0.507 e. The van der Waals surface area contributed by atoms with Gasteiger partial charge >= 0.3 is 0 Å². The van der Waals surface area contributed by atoms with Crippen LogP contribution < -0.4 is 16.2 Å². The van der Waals surface area contributed by atoms with Crippen molar-refractivity contribution in [3.8, 4) is 5.75 Å². The molecule has 1 heterocycles. The number of aromatic amines is 1. The molecule has 0 radical (unpaired) electrons. The number of aromatic nitrogens is 1. The van der Waals surface area contributed by atoms with E-state index in [0.29, 0.717) is 11.4 Å². The number of hydrogen-bond acceptors (Lipinski definition) is 4. The van der Waals surface area contributed by atoms with Crippen molar-refractivity contribution in [2.75, 3.05) is 10.6 Å². The van der Waals surface area contributed by atoms with Crippen LogP contribution in [0.25, 0.3) is 0 Å². The topological polar surface area (TPSA) is 111 Å². The summed E-state index contributed by atoms with van der Waals surface area (Å²) in [6, 6.07) is 7.39. The number of benzene rings is 1. The number of hydrogen-bond donors (Lipinski definition) is 4. The molecule has 1 aromatic carbocycles. The highest BCUT2D eigenvalue weighted by Crippen LogP contribution is 2.17. The van der Waals surface area contributed by atoms with E-state index in [1.807, 2.05) is 0 Å². The lowest BCUT2D eigenvalue weighted by molar-refractivity contribution is -0.114. The molecular formula is C14H13N3O4. The summed E-state index contributed by atoms with van der Waals surface area (Å²) in [7, 11) is 0. The highest BCUT2D eigenvalue weighted by atomic mass is 16.3. The molecule has 2 amide bonds. The first kappa shape index (κ1) is 14.3. The molecule has 0 fully saturated rings. The molecule has 108 valence electrons. The van der Waals surface area contributed by atoms with Crippen molar-refractivity contribution < 1.29 is 14.7 Å². The minimum absolute atomic E-state index is 0.0412. The average Bonchev–Trinajstić information content (AvgIpc) is 2.40. The number of carbonyl (C=O) groups is 2. The molecule has 2 aromatic rings. The van der Waals surface area contributed by atoms with E-state index < -0.39 is 17.2 Å². The molecule has 0 spiro atoms. The van der Waals surface area contributed by atoms with Crippen LogP contribution in [-0.4, -0.2) is 21.9 Å². The second kappa shape index (κ2) is 5.91. The number of pyridine rings is 1. The van der Waals surface area contributed by atoms with E-state index in [1.165, 1.54) is 6.92 Å². The lowest BCUT2D eigenvalue weighted by Crippen LogP contribution is -2.15. The van der Waals surface area contributed by atoms with Gasteiger partial charge in [0.1, 0.15) is 5.75 Å². The fourth-order valence-electron chi connectivity index (χ4n) is 1.68. The maximum Gasteiger partial charge on any atom is 0.260 e. The monoisotopic (exact) mass is 287 g/mol. The van der Waals surface area contributed by atoms with Crippen molar-refractivity contribution >= 4 is 23.2 Å². The summed E-state index contributed by atoms with van der Waals surface area (Å²) < 4.78 is 0. The number of carbonyl (C=O) groups excluding carboxylic acids is 2. The second-order valence-corrected chi connectivity index (χ2v) is 4.31. The first-order valence-corrected chi connectivity index (χ1v) is 6.06. The van der Waals surface area contributed by atoms with E-state index in [1.54, 1.807) is 24.3 Å². The van der Waals surface area contributed by atoms with Crippen LogP contribution in [0.5, 0.6) is 5.75 Å². The molecule has 2 rings (SSSR count). The summed E-state index contributed by atoms with van der Waals surface area (Å²) in [5, 5.41) is 14.7. The molecule has 0 aliphatic carbocycles. The Morgan fingerprint density at radius 2 is 1.67 bits per heavy atom. The zero-order valence-electron chi connectivity index (χ0n) is 11.1.